The van der Waals surface area contributed by atoms with E-state index in [2.05, 4.69) is 31.1 Å². The van der Waals surface area contributed by atoms with Crippen LogP contribution in [0.5, 0.6) is 0 Å². The minimum absolute atomic E-state index is 0. The van der Waals surface area contributed by atoms with E-state index in [1.54, 1.807) is 0 Å². The maximum atomic E-state index is 5.37. The highest BCUT2D eigenvalue weighted by atomic mass is 127. The fourth-order valence-corrected chi connectivity index (χ4v) is 3.10. The van der Waals surface area contributed by atoms with Crippen molar-refractivity contribution < 1.29 is 4.74 Å². The molecular weight excluding hydrogens is 401 g/mol. The molecule has 1 aliphatic rings. The number of aliphatic imine (C=N–C) groups is 1. The smallest absolute Gasteiger partial charge is 0.193 e. The zero-order chi connectivity index (χ0) is 16.2. The molecule has 0 aromatic rings. The predicted molar refractivity (Wildman–Crippen MR) is 111 cm³/mol. The van der Waals surface area contributed by atoms with Gasteiger partial charge < -0.3 is 15.0 Å². The van der Waals surface area contributed by atoms with Gasteiger partial charge in [0.25, 0.3) is 0 Å². The van der Waals surface area contributed by atoms with Crippen molar-refractivity contribution >= 4 is 29.9 Å². The van der Waals surface area contributed by atoms with Crippen LogP contribution in [0.1, 0.15) is 59.3 Å². The summed E-state index contributed by atoms with van der Waals surface area (Å²) >= 11 is 0. The lowest BCUT2D eigenvalue weighted by Gasteiger charge is -2.31. The summed E-state index contributed by atoms with van der Waals surface area (Å²) in [5.41, 5.74) is 0. The van der Waals surface area contributed by atoms with Crippen molar-refractivity contribution in [2.24, 2.45) is 16.8 Å². The van der Waals surface area contributed by atoms with E-state index in [4.69, 9.17) is 9.73 Å². The van der Waals surface area contributed by atoms with Crippen molar-refractivity contribution in [1.82, 2.24) is 10.2 Å². The van der Waals surface area contributed by atoms with Crippen molar-refractivity contribution in [1.29, 1.82) is 0 Å². The van der Waals surface area contributed by atoms with Crippen molar-refractivity contribution in [2.45, 2.75) is 59.3 Å². The number of ether oxygens (including phenoxy) is 1. The van der Waals surface area contributed by atoms with Gasteiger partial charge in [-0.1, -0.05) is 19.8 Å². The highest BCUT2D eigenvalue weighted by Crippen LogP contribution is 2.28. The standard InChI is InChI=1S/C18H37N3O.HI/c1-5-19-18(20-13-7-8-14-22-6-2)21(4)15-17-11-9-16(3)10-12-17;/h16-17H,5-15H2,1-4H3,(H,19,20);1H. The van der Waals surface area contributed by atoms with Crippen molar-refractivity contribution in [3.05, 3.63) is 0 Å². The summed E-state index contributed by atoms with van der Waals surface area (Å²) in [5, 5.41) is 3.43. The fraction of sp³-hybridized carbons (Fsp3) is 0.944. The highest BCUT2D eigenvalue weighted by molar-refractivity contribution is 14.0. The van der Waals surface area contributed by atoms with Crippen LogP contribution < -0.4 is 5.32 Å². The second-order valence-electron chi connectivity index (χ2n) is 6.65. The molecular formula is C18H38IN3O. The fourth-order valence-electron chi connectivity index (χ4n) is 3.10. The highest BCUT2D eigenvalue weighted by Gasteiger charge is 2.20. The van der Waals surface area contributed by atoms with Crippen LogP contribution in [0.3, 0.4) is 0 Å². The summed E-state index contributed by atoms with van der Waals surface area (Å²) in [4.78, 5) is 7.09. The third-order valence-electron chi connectivity index (χ3n) is 4.53. The van der Waals surface area contributed by atoms with Gasteiger partial charge in [-0.2, -0.15) is 0 Å². The van der Waals surface area contributed by atoms with Gasteiger partial charge in [-0.15, -0.1) is 24.0 Å². The minimum atomic E-state index is 0. The molecule has 0 atom stereocenters. The van der Waals surface area contributed by atoms with E-state index in [0.29, 0.717) is 0 Å². The van der Waals surface area contributed by atoms with Crippen LogP contribution in [0.4, 0.5) is 0 Å². The Hall–Kier alpha value is -0.0400. The van der Waals surface area contributed by atoms with Crippen LogP contribution >= 0.6 is 24.0 Å². The van der Waals surface area contributed by atoms with Crippen molar-refractivity contribution in [2.75, 3.05) is 39.9 Å². The Morgan fingerprint density at radius 2 is 1.87 bits per heavy atom. The lowest BCUT2D eigenvalue weighted by molar-refractivity contribution is 0.144. The molecule has 1 rings (SSSR count). The van der Waals surface area contributed by atoms with Gasteiger partial charge in [-0.25, -0.2) is 0 Å². The number of halogens is 1. The molecule has 5 heteroatoms. The van der Waals surface area contributed by atoms with Gasteiger partial charge in [0.2, 0.25) is 0 Å². The van der Waals surface area contributed by atoms with E-state index in [0.717, 1.165) is 63.5 Å². The lowest BCUT2D eigenvalue weighted by Crippen LogP contribution is -2.42. The zero-order valence-electron chi connectivity index (χ0n) is 15.6. The van der Waals surface area contributed by atoms with Gasteiger partial charge >= 0.3 is 0 Å². The molecule has 4 nitrogen and oxygen atoms in total. The largest absolute Gasteiger partial charge is 0.382 e. The quantitative estimate of drug-likeness (QED) is 0.254. The van der Waals surface area contributed by atoms with Crippen LogP contribution in [0.2, 0.25) is 0 Å². The van der Waals surface area contributed by atoms with E-state index >= 15 is 0 Å². The third-order valence-corrected chi connectivity index (χ3v) is 4.53. The van der Waals surface area contributed by atoms with Gasteiger partial charge in [-0.05, 0) is 51.4 Å². The first-order chi connectivity index (χ1) is 10.7. The predicted octanol–water partition coefficient (Wildman–Crippen LogP) is 4.14. The van der Waals surface area contributed by atoms with Gasteiger partial charge in [0.1, 0.15) is 0 Å². The van der Waals surface area contributed by atoms with E-state index in [1.165, 1.54) is 25.7 Å². The number of guanidine groups is 1. The van der Waals surface area contributed by atoms with Crippen molar-refractivity contribution in [3.63, 3.8) is 0 Å². The summed E-state index contributed by atoms with van der Waals surface area (Å²) < 4.78 is 5.37. The summed E-state index contributed by atoms with van der Waals surface area (Å²) in [6.07, 6.45) is 7.73. The average Bonchev–Trinajstić information content (AvgIpc) is 2.51. The molecule has 1 saturated carbocycles. The van der Waals surface area contributed by atoms with E-state index in [-0.39, 0.29) is 24.0 Å². The van der Waals surface area contributed by atoms with Crippen LogP contribution in [-0.4, -0.2) is 50.8 Å². The number of hydrogen-bond acceptors (Lipinski definition) is 2. The van der Waals surface area contributed by atoms with Crippen LogP contribution in [0.25, 0.3) is 0 Å². The van der Waals surface area contributed by atoms with E-state index < -0.39 is 0 Å². The molecule has 1 fully saturated rings. The maximum absolute atomic E-state index is 5.37. The molecule has 23 heavy (non-hydrogen) atoms. The summed E-state index contributed by atoms with van der Waals surface area (Å²) in [6.45, 7) is 11.2. The number of nitrogens with zero attached hydrogens (tertiary/aromatic N) is 2. The molecule has 138 valence electrons. The van der Waals surface area contributed by atoms with Gasteiger partial charge in [0, 0.05) is 39.9 Å². The van der Waals surface area contributed by atoms with Gasteiger partial charge in [-0.3, -0.25) is 4.99 Å². The third kappa shape index (κ3) is 10.4. The molecule has 1 aliphatic carbocycles. The normalized spacial score (nSPS) is 21.7. The monoisotopic (exact) mass is 439 g/mol. The molecule has 0 aromatic heterocycles. The molecule has 0 bridgehead atoms. The van der Waals surface area contributed by atoms with Gasteiger partial charge in [0.15, 0.2) is 5.96 Å². The first kappa shape index (κ1) is 23.0. The second kappa shape index (κ2) is 14.3. The maximum Gasteiger partial charge on any atom is 0.193 e. The molecule has 0 spiro atoms. The number of unbranched alkanes of at least 4 members (excludes halogenated alkanes) is 1. The molecule has 0 unspecified atom stereocenters. The molecule has 1 N–H and O–H groups in total. The van der Waals surface area contributed by atoms with Gasteiger partial charge in [0.05, 0.1) is 0 Å². The average molecular weight is 439 g/mol. The Morgan fingerprint density at radius 1 is 1.17 bits per heavy atom. The van der Waals surface area contributed by atoms with Crippen molar-refractivity contribution in [3.8, 4) is 0 Å². The molecule has 0 aliphatic heterocycles. The number of rotatable bonds is 9. The SMILES string of the molecule is CCNC(=NCCCCOCC)N(C)CC1CCC(C)CC1.I. The van der Waals surface area contributed by atoms with Crippen LogP contribution in [0.15, 0.2) is 4.99 Å². The number of hydrogen-bond donors (Lipinski definition) is 1. The minimum Gasteiger partial charge on any atom is -0.382 e. The van der Waals surface area contributed by atoms with E-state index in [9.17, 15) is 0 Å². The molecule has 0 amide bonds. The summed E-state index contributed by atoms with van der Waals surface area (Å²) in [5.74, 6) is 2.83. The van der Waals surface area contributed by atoms with Crippen LogP contribution in [-0.2, 0) is 4.74 Å². The Morgan fingerprint density at radius 3 is 2.48 bits per heavy atom. The number of nitrogens with one attached hydrogen (secondary N) is 1. The lowest BCUT2D eigenvalue weighted by atomic mass is 9.83. The summed E-state index contributed by atoms with van der Waals surface area (Å²) in [6, 6.07) is 0. The molecule has 0 radical (unpaired) electrons. The first-order valence-corrected chi connectivity index (χ1v) is 9.24. The first-order valence-electron chi connectivity index (χ1n) is 9.24. The second-order valence-corrected chi connectivity index (χ2v) is 6.65. The summed E-state index contributed by atoms with van der Waals surface area (Å²) in [7, 11) is 2.18. The Kier molecular flexibility index (Phi) is 14.3. The van der Waals surface area contributed by atoms with Crippen LogP contribution in [0, 0.1) is 11.8 Å². The Labute approximate surface area is 160 Å². The zero-order valence-corrected chi connectivity index (χ0v) is 18.0. The molecule has 0 saturated heterocycles. The Balaban J connectivity index is 0.00000484. The topological polar surface area (TPSA) is 36.9 Å². The molecule has 0 aromatic carbocycles. The van der Waals surface area contributed by atoms with E-state index in [1.807, 2.05) is 6.92 Å². The Bertz CT molecular complexity index is 305. The molecule has 0 heterocycles.